The van der Waals surface area contributed by atoms with E-state index in [4.69, 9.17) is 9.72 Å². The van der Waals surface area contributed by atoms with Gasteiger partial charge in [0, 0.05) is 25.2 Å². The molecule has 2 atom stereocenters. The molecule has 6 nitrogen and oxygen atoms in total. The van der Waals surface area contributed by atoms with Gasteiger partial charge in [0.05, 0.1) is 19.3 Å². The average Bonchev–Trinajstić information content (AvgIpc) is 3.10. The van der Waals surface area contributed by atoms with Gasteiger partial charge in [0.1, 0.15) is 5.82 Å². The fourth-order valence-electron chi connectivity index (χ4n) is 4.00. The summed E-state index contributed by atoms with van der Waals surface area (Å²) in [4.78, 5) is 24.5. The van der Waals surface area contributed by atoms with Crippen LogP contribution < -0.4 is 15.4 Å². The van der Waals surface area contributed by atoms with Crippen molar-refractivity contribution in [2.45, 2.75) is 38.3 Å². The molecule has 6 heteroatoms. The minimum absolute atomic E-state index is 0.0888. The molecule has 0 spiro atoms. The summed E-state index contributed by atoms with van der Waals surface area (Å²) in [5.41, 5.74) is 1.23. The number of nitrogens with zero attached hydrogens (tertiary/aromatic N) is 3. The van der Waals surface area contributed by atoms with E-state index in [0.717, 1.165) is 38.2 Å². The highest BCUT2D eigenvalue weighted by atomic mass is 16.5. The Labute approximate surface area is 153 Å². The van der Waals surface area contributed by atoms with Crippen molar-refractivity contribution >= 4 is 11.8 Å². The number of morpholine rings is 1. The zero-order valence-corrected chi connectivity index (χ0v) is 15.2. The third kappa shape index (κ3) is 3.60. The predicted molar refractivity (Wildman–Crippen MR) is 103 cm³/mol. The Kier molecular flexibility index (Phi) is 4.93. The minimum atomic E-state index is -0.0888. The molecule has 0 radical (unpaired) electrons. The molecule has 26 heavy (non-hydrogen) atoms. The lowest BCUT2D eigenvalue weighted by Crippen LogP contribution is -2.45. The van der Waals surface area contributed by atoms with E-state index in [1.54, 1.807) is 6.07 Å². The largest absolute Gasteiger partial charge is 0.377 e. The van der Waals surface area contributed by atoms with Crippen molar-refractivity contribution in [2.75, 3.05) is 36.1 Å². The minimum Gasteiger partial charge on any atom is -0.377 e. The number of benzene rings is 1. The second-order valence-electron chi connectivity index (χ2n) is 7.22. The Hall–Kier alpha value is -2.34. The van der Waals surface area contributed by atoms with Gasteiger partial charge in [-0.3, -0.25) is 9.78 Å². The molecule has 0 aliphatic carbocycles. The number of anilines is 2. The van der Waals surface area contributed by atoms with Gasteiger partial charge < -0.3 is 14.5 Å². The van der Waals surface area contributed by atoms with Gasteiger partial charge in [-0.1, -0.05) is 30.3 Å². The molecule has 2 saturated heterocycles. The molecular formula is C20H26N4O2. The van der Waals surface area contributed by atoms with Gasteiger partial charge in [0.15, 0.2) is 0 Å². The van der Waals surface area contributed by atoms with E-state index in [1.165, 1.54) is 5.56 Å². The van der Waals surface area contributed by atoms with E-state index in [9.17, 15) is 4.79 Å². The fourth-order valence-corrected chi connectivity index (χ4v) is 4.00. The van der Waals surface area contributed by atoms with Crippen molar-refractivity contribution in [1.82, 2.24) is 9.97 Å². The maximum atomic E-state index is 12.3. The van der Waals surface area contributed by atoms with Crippen LogP contribution in [0.2, 0.25) is 0 Å². The van der Waals surface area contributed by atoms with Gasteiger partial charge in [-0.2, -0.15) is 4.98 Å². The Balaban J connectivity index is 1.59. The first-order valence-electron chi connectivity index (χ1n) is 9.47. The van der Waals surface area contributed by atoms with E-state index in [-0.39, 0.29) is 11.6 Å². The molecular weight excluding hydrogens is 328 g/mol. The summed E-state index contributed by atoms with van der Waals surface area (Å²) in [7, 11) is 0. The van der Waals surface area contributed by atoms with Crippen LogP contribution in [0, 0.1) is 0 Å². The summed E-state index contributed by atoms with van der Waals surface area (Å²) in [6.07, 6.45) is 3.22. The van der Waals surface area contributed by atoms with Crippen LogP contribution in [0.25, 0.3) is 0 Å². The molecule has 2 fully saturated rings. The third-order valence-electron chi connectivity index (χ3n) is 5.34. The maximum Gasteiger partial charge on any atom is 0.254 e. The number of rotatable bonds is 4. The summed E-state index contributed by atoms with van der Waals surface area (Å²) in [5, 5.41) is 0. The van der Waals surface area contributed by atoms with Crippen molar-refractivity contribution in [1.29, 1.82) is 0 Å². The Morgan fingerprint density at radius 2 is 2.08 bits per heavy atom. The van der Waals surface area contributed by atoms with Crippen LogP contribution in [0.15, 0.2) is 41.2 Å². The number of ether oxygens (including phenoxy) is 1. The third-order valence-corrected chi connectivity index (χ3v) is 5.34. The number of hydrogen-bond donors (Lipinski definition) is 1. The summed E-state index contributed by atoms with van der Waals surface area (Å²) in [6.45, 7) is 5.15. The number of aromatic nitrogens is 2. The quantitative estimate of drug-likeness (QED) is 0.912. The molecule has 4 rings (SSSR count). The molecule has 0 saturated carbocycles. The molecule has 1 N–H and O–H groups in total. The van der Waals surface area contributed by atoms with Crippen molar-refractivity contribution < 1.29 is 4.74 Å². The normalized spacial score (nSPS) is 23.4. The second-order valence-corrected chi connectivity index (χ2v) is 7.22. The molecule has 0 amide bonds. The zero-order chi connectivity index (χ0) is 17.9. The van der Waals surface area contributed by atoms with Gasteiger partial charge in [-0.05, 0) is 31.7 Å². The first-order valence-corrected chi connectivity index (χ1v) is 9.47. The number of H-pyrrole nitrogens is 1. The van der Waals surface area contributed by atoms with Crippen LogP contribution in [0.3, 0.4) is 0 Å². The van der Waals surface area contributed by atoms with E-state index in [2.05, 4.69) is 46.0 Å². The van der Waals surface area contributed by atoms with Gasteiger partial charge in [-0.25, -0.2) is 0 Å². The van der Waals surface area contributed by atoms with Gasteiger partial charge >= 0.3 is 0 Å². The lowest BCUT2D eigenvalue weighted by molar-refractivity contribution is 0.0985. The first kappa shape index (κ1) is 17.1. The van der Waals surface area contributed by atoms with Crippen molar-refractivity contribution in [3.05, 3.63) is 52.3 Å². The Morgan fingerprint density at radius 3 is 2.88 bits per heavy atom. The Bertz CT molecular complexity index is 792. The molecule has 0 bridgehead atoms. The monoisotopic (exact) mass is 354 g/mol. The van der Waals surface area contributed by atoms with E-state index >= 15 is 0 Å². The van der Waals surface area contributed by atoms with Crippen LogP contribution in [0.1, 0.15) is 25.3 Å². The second kappa shape index (κ2) is 7.50. The van der Waals surface area contributed by atoms with E-state index < -0.39 is 0 Å². The van der Waals surface area contributed by atoms with Crippen molar-refractivity contribution in [2.24, 2.45) is 0 Å². The predicted octanol–water partition coefficient (Wildman–Crippen LogP) is 2.21. The number of aromatic amines is 1. The summed E-state index contributed by atoms with van der Waals surface area (Å²) < 4.78 is 5.51. The summed E-state index contributed by atoms with van der Waals surface area (Å²) in [6, 6.07) is 12.7. The number of hydrogen-bond acceptors (Lipinski definition) is 5. The van der Waals surface area contributed by atoms with Gasteiger partial charge in [0.25, 0.3) is 5.56 Å². The molecule has 3 heterocycles. The highest BCUT2D eigenvalue weighted by Gasteiger charge is 2.28. The summed E-state index contributed by atoms with van der Waals surface area (Å²) >= 11 is 0. The molecule has 1 unspecified atom stereocenters. The average molecular weight is 354 g/mol. The molecule has 2 aliphatic rings. The zero-order valence-electron chi connectivity index (χ0n) is 15.2. The smallest absolute Gasteiger partial charge is 0.254 e. The van der Waals surface area contributed by atoms with Crippen molar-refractivity contribution in [3.8, 4) is 0 Å². The molecule has 1 aromatic heterocycles. The molecule has 2 aromatic rings. The van der Waals surface area contributed by atoms with Crippen LogP contribution in [0.4, 0.5) is 11.8 Å². The highest BCUT2D eigenvalue weighted by molar-refractivity contribution is 5.46. The topological polar surface area (TPSA) is 61.5 Å². The van der Waals surface area contributed by atoms with Crippen LogP contribution in [0.5, 0.6) is 0 Å². The SMILES string of the molecule is CC1COCCN1c1cc(=O)[nH]c(N2CCC[C@H]2Cc2ccccc2)n1. The molecule has 1 aromatic carbocycles. The maximum absolute atomic E-state index is 12.3. The lowest BCUT2D eigenvalue weighted by Gasteiger charge is -2.35. The van der Waals surface area contributed by atoms with Gasteiger partial charge in [0.2, 0.25) is 5.95 Å². The molecule has 2 aliphatic heterocycles. The van der Waals surface area contributed by atoms with Crippen molar-refractivity contribution in [3.63, 3.8) is 0 Å². The summed E-state index contributed by atoms with van der Waals surface area (Å²) in [5.74, 6) is 1.45. The fraction of sp³-hybridized carbons (Fsp3) is 0.500. The lowest BCUT2D eigenvalue weighted by atomic mass is 10.0. The standard InChI is InChI=1S/C20H26N4O2/c1-15-14-26-11-10-23(15)18-13-19(25)22-20(21-18)24-9-5-8-17(24)12-16-6-3-2-4-7-16/h2-4,6-7,13,15,17H,5,8-12,14H2,1H3,(H,21,22,25)/t15?,17-/m0/s1. The highest BCUT2D eigenvalue weighted by Crippen LogP contribution is 2.26. The first-order chi connectivity index (χ1) is 12.7. The van der Waals surface area contributed by atoms with E-state index in [1.807, 2.05) is 6.07 Å². The van der Waals surface area contributed by atoms with Crippen LogP contribution in [-0.4, -0.2) is 48.4 Å². The molecule has 138 valence electrons. The van der Waals surface area contributed by atoms with E-state index in [0.29, 0.717) is 25.2 Å². The Morgan fingerprint density at radius 1 is 1.23 bits per heavy atom. The van der Waals surface area contributed by atoms with Crippen LogP contribution in [-0.2, 0) is 11.2 Å². The van der Waals surface area contributed by atoms with Gasteiger partial charge in [-0.15, -0.1) is 0 Å². The van der Waals surface area contributed by atoms with Crippen LogP contribution >= 0.6 is 0 Å². The number of nitrogens with one attached hydrogen (secondary N) is 1.